The molecule has 1 nitrogen and oxygen atoms in total. The zero-order valence-electron chi connectivity index (χ0n) is 29.7. The first-order valence-corrected chi connectivity index (χ1v) is 18.8. The molecule has 2 heterocycles. The van der Waals surface area contributed by atoms with E-state index < -0.39 is 5.41 Å². The summed E-state index contributed by atoms with van der Waals surface area (Å²) in [6.45, 7) is 4.81. The van der Waals surface area contributed by atoms with Crippen LogP contribution >= 0.6 is 0 Å². The summed E-state index contributed by atoms with van der Waals surface area (Å²) < 4.78 is 2.53. The molecule has 9 aromatic rings. The number of nitrogens with zero attached hydrogens (tertiary/aromatic N) is 1. The van der Waals surface area contributed by atoms with E-state index in [-0.39, 0.29) is 5.41 Å². The van der Waals surface area contributed by atoms with Gasteiger partial charge >= 0.3 is 0 Å². The Morgan fingerprint density at radius 1 is 0.377 bits per heavy atom. The lowest BCUT2D eigenvalue weighted by molar-refractivity contribution is 0.661. The number of para-hydroxylation sites is 3. The lowest BCUT2D eigenvalue weighted by atomic mass is 9.64. The van der Waals surface area contributed by atoms with Crippen LogP contribution < -0.4 is 0 Å². The van der Waals surface area contributed by atoms with E-state index in [1.807, 2.05) is 0 Å². The first-order valence-electron chi connectivity index (χ1n) is 18.8. The van der Waals surface area contributed by atoms with Crippen molar-refractivity contribution in [3.8, 4) is 50.2 Å². The summed E-state index contributed by atoms with van der Waals surface area (Å²) in [7, 11) is 0. The Kier molecular flexibility index (Phi) is 5.57. The molecule has 1 aliphatic heterocycles. The maximum Gasteiger partial charge on any atom is 0.0760 e. The summed E-state index contributed by atoms with van der Waals surface area (Å²) in [4.78, 5) is 0. The fraction of sp³-hybridized carbons (Fsp3) is 0.0769. The van der Waals surface area contributed by atoms with E-state index in [0.717, 1.165) is 0 Å². The number of benzene rings is 8. The second kappa shape index (κ2) is 10.1. The topological polar surface area (TPSA) is 4.93 Å². The number of hydrogen-bond donors (Lipinski definition) is 0. The first kappa shape index (κ1) is 29.2. The summed E-state index contributed by atoms with van der Waals surface area (Å²) in [6, 6.07) is 66.4. The van der Waals surface area contributed by atoms with Gasteiger partial charge in [0.15, 0.2) is 0 Å². The van der Waals surface area contributed by atoms with Gasteiger partial charge in [0.1, 0.15) is 0 Å². The van der Waals surface area contributed by atoms with Gasteiger partial charge in [0.25, 0.3) is 0 Å². The van der Waals surface area contributed by atoms with Crippen LogP contribution in [0.1, 0.15) is 47.2 Å². The van der Waals surface area contributed by atoms with Gasteiger partial charge in [-0.25, -0.2) is 0 Å². The molecule has 1 atom stereocenters. The number of aromatic nitrogens is 1. The predicted octanol–water partition coefficient (Wildman–Crippen LogP) is 13.1. The van der Waals surface area contributed by atoms with Crippen LogP contribution in [-0.4, -0.2) is 4.57 Å². The molecule has 1 unspecified atom stereocenters. The Balaban J connectivity index is 1.15. The second-order valence-corrected chi connectivity index (χ2v) is 15.6. The van der Waals surface area contributed by atoms with E-state index in [0.29, 0.717) is 0 Å². The van der Waals surface area contributed by atoms with Gasteiger partial charge in [0, 0.05) is 16.2 Å². The minimum atomic E-state index is -0.495. The second-order valence-electron chi connectivity index (χ2n) is 15.6. The minimum absolute atomic E-state index is 0.145. The third-order valence-corrected chi connectivity index (χ3v) is 12.8. The normalized spacial score (nSPS) is 16.7. The molecule has 248 valence electrons. The molecule has 53 heavy (non-hydrogen) atoms. The predicted molar refractivity (Wildman–Crippen MR) is 220 cm³/mol. The molecule has 3 aliphatic rings. The Hall–Kier alpha value is -6.44. The molecule has 0 bridgehead atoms. The largest absolute Gasteiger partial charge is 0.309 e. The highest BCUT2D eigenvalue weighted by molar-refractivity contribution is 6.13. The van der Waals surface area contributed by atoms with Gasteiger partial charge in [-0.15, -0.1) is 0 Å². The SMILES string of the molecule is CC1(C)c2cc(-c3ccccc3)ccc2-c2ccc(-c3cccc4c3C3(c5ccccc5-4)c4ccccc4-n4c5ccccc5c5cccc3c54)cc21. The average molecular weight is 674 g/mol. The van der Waals surface area contributed by atoms with E-state index in [1.54, 1.807) is 0 Å². The van der Waals surface area contributed by atoms with Crippen molar-refractivity contribution in [2.75, 3.05) is 0 Å². The molecular weight excluding hydrogens is 639 g/mol. The zero-order valence-corrected chi connectivity index (χ0v) is 29.7. The highest BCUT2D eigenvalue weighted by Gasteiger charge is 2.52. The Labute approximate surface area is 309 Å². The van der Waals surface area contributed by atoms with Gasteiger partial charge in [0.05, 0.1) is 22.1 Å². The van der Waals surface area contributed by atoms with Crippen molar-refractivity contribution in [3.05, 3.63) is 209 Å². The summed E-state index contributed by atoms with van der Waals surface area (Å²) in [6.07, 6.45) is 0. The zero-order chi connectivity index (χ0) is 35.1. The van der Waals surface area contributed by atoms with Gasteiger partial charge in [-0.2, -0.15) is 0 Å². The van der Waals surface area contributed by atoms with Gasteiger partial charge in [0.2, 0.25) is 0 Å². The van der Waals surface area contributed by atoms with E-state index in [4.69, 9.17) is 0 Å². The summed E-state index contributed by atoms with van der Waals surface area (Å²) in [5.41, 5.74) is 21.9. The molecule has 0 fully saturated rings. The van der Waals surface area contributed by atoms with Crippen molar-refractivity contribution in [1.29, 1.82) is 0 Å². The third-order valence-electron chi connectivity index (χ3n) is 12.8. The molecule has 12 rings (SSSR count). The van der Waals surface area contributed by atoms with Crippen molar-refractivity contribution in [1.82, 2.24) is 4.57 Å². The van der Waals surface area contributed by atoms with Crippen molar-refractivity contribution < 1.29 is 0 Å². The molecule has 0 saturated heterocycles. The fourth-order valence-corrected chi connectivity index (χ4v) is 10.6. The van der Waals surface area contributed by atoms with Gasteiger partial charge in [-0.05, 0) is 102 Å². The Bertz CT molecular complexity index is 3030. The van der Waals surface area contributed by atoms with Crippen molar-refractivity contribution in [2.45, 2.75) is 24.7 Å². The first-order chi connectivity index (χ1) is 26.1. The van der Waals surface area contributed by atoms with Crippen LogP contribution in [0.4, 0.5) is 0 Å². The Morgan fingerprint density at radius 3 is 1.81 bits per heavy atom. The average Bonchev–Trinajstić information content (AvgIpc) is 3.79. The molecule has 1 heteroatoms. The van der Waals surface area contributed by atoms with Crippen LogP contribution in [0.5, 0.6) is 0 Å². The number of hydrogen-bond acceptors (Lipinski definition) is 0. The quantitative estimate of drug-likeness (QED) is 0.172. The van der Waals surface area contributed by atoms with Crippen LogP contribution in [-0.2, 0) is 10.8 Å². The molecule has 1 aromatic heterocycles. The van der Waals surface area contributed by atoms with Crippen LogP contribution in [0, 0.1) is 0 Å². The smallest absolute Gasteiger partial charge is 0.0760 e. The molecule has 1 spiro atoms. The van der Waals surface area contributed by atoms with E-state index in [2.05, 4.69) is 194 Å². The van der Waals surface area contributed by atoms with E-state index in [1.165, 1.54) is 105 Å². The summed E-state index contributed by atoms with van der Waals surface area (Å²) in [5, 5.41) is 2.61. The van der Waals surface area contributed by atoms with Crippen molar-refractivity contribution >= 4 is 21.8 Å². The lowest BCUT2D eigenvalue weighted by Gasteiger charge is -2.40. The highest BCUT2D eigenvalue weighted by atomic mass is 15.0. The van der Waals surface area contributed by atoms with E-state index >= 15 is 0 Å². The van der Waals surface area contributed by atoms with Gasteiger partial charge in [-0.1, -0.05) is 166 Å². The minimum Gasteiger partial charge on any atom is -0.309 e. The summed E-state index contributed by atoms with van der Waals surface area (Å²) >= 11 is 0. The number of rotatable bonds is 2. The van der Waals surface area contributed by atoms with E-state index in [9.17, 15) is 0 Å². The molecule has 8 aromatic carbocycles. The van der Waals surface area contributed by atoms with Crippen LogP contribution in [0.25, 0.3) is 72.0 Å². The molecule has 0 N–H and O–H groups in total. The maximum atomic E-state index is 2.53. The van der Waals surface area contributed by atoms with Crippen LogP contribution in [0.2, 0.25) is 0 Å². The fourth-order valence-electron chi connectivity index (χ4n) is 10.6. The molecule has 0 amide bonds. The molecule has 2 aliphatic carbocycles. The molecular formula is C52H35N. The maximum absolute atomic E-state index is 2.53. The summed E-state index contributed by atoms with van der Waals surface area (Å²) in [5.74, 6) is 0. The number of fused-ring (bicyclic) bond motifs is 15. The Morgan fingerprint density at radius 2 is 0.962 bits per heavy atom. The monoisotopic (exact) mass is 673 g/mol. The highest BCUT2D eigenvalue weighted by Crippen LogP contribution is 2.63. The van der Waals surface area contributed by atoms with Crippen LogP contribution in [0.15, 0.2) is 176 Å². The van der Waals surface area contributed by atoms with Crippen LogP contribution in [0.3, 0.4) is 0 Å². The standard InChI is InChI=1S/C52H35N/c1-51(2)45-30-33(32-14-4-3-5-15-32)26-28-37(45)38-29-27-34(31-46(38)51)35-18-12-19-40-36-16-6-8-21-42(36)52(49(35)40)43-22-9-11-25-48(43)53-47-24-10-7-17-39(47)41-20-13-23-44(52)50(41)53/h3-31H,1-2H3. The third kappa shape index (κ3) is 3.53. The van der Waals surface area contributed by atoms with Gasteiger partial charge < -0.3 is 4.57 Å². The molecule has 0 saturated carbocycles. The van der Waals surface area contributed by atoms with Crippen molar-refractivity contribution in [3.63, 3.8) is 0 Å². The molecule has 0 radical (unpaired) electrons. The van der Waals surface area contributed by atoms with Gasteiger partial charge in [-0.3, -0.25) is 0 Å². The van der Waals surface area contributed by atoms with Crippen molar-refractivity contribution in [2.24, 2.45) is 0 Å². The lowest BCUT2D eigenvalue weighted by Crippen LogP contribution is -2.34.